The molecule has 0 bridgehead atoms. The van der Waals surface area contributed by atoms with Crippen molar-refractivity contribution in [2.45, 2.75) is 20.0 Å². The van der Waals surface area contributed by atoms with Crippen molar-refractivity contribution in [2.24, 2.45) is 0 Å². The SMILES string of the molecule is Cc1ccc(CN2CCN(C(=O)c3cc(Cn4ccc([N+](=O)[O-])n4)cs3)CC2)cc1. The van der Waals surface area contributed by atoms with Gasteiger partial charge in [-0.2, -0.15) is 4.68 Å². The largest absolute Gasteiger partial charge is 0.389 e. The van der Waals surface area contributed by atoms with E-state index in [1.807, 2.05) is 16.3 Å². The fourth-order valence-electron chi connectivity index (χ4n) is 3.51. The van der Waals surface area contributed by atoms with E-state index in [0.29, 0.717) is 24.5 Å². The maximum absolute atomic E-state index is 12.9. The van der Waals surface area contributed by atoms with Crippen molar-refractivity contribution in [3.63, 3.8) is 0 Å². The lowest BCUT2D eigenvalue weighted by molar-refractivity contribution is -0.389. The highest BCUT2D eigenvalue weighted by molar-refractivity contribution is 7.12. The molecule has 0 saturated carbocycles. The molecule has 4 rings (SSSR count). The third-order valence-electron chi connectivity index (χ3n) is 5.21. The van der Waals surface area contributed by atoms with E-state index in [2.05, 4.69) is 41.2 Å². The first-order chi connectivity index (χ1) is 14.5. The first-order valence-electron chi connectivity index (χ1n) is 9.80. The van der Waals surface area contributed by atoms with Crippen molar-refractivity contribution in [1.82, 2.24) is 19.6 Å². The van der Waals surface area contributed by atoms with Crippen LogP contribution in [0, 0.1) is 17.0 Å². The lowest BCUT2D eigenvalue weighted by Crippen LogP contribution is -2.48. The van der Waals surface area contributed by atoms with Crippen LogP contribution in [0.5, 0.6) is 0 Å². The highest BCUT2D eigenvalue weighted by Gasteiger charge is 2.23. The van der Waals surface area contributed by atoms with Crippen LogP contribution in [0.1, 0.15) is 26.4 Å². The Hall–Kier alpha value is -3.04. The number of carbonyl (C=O) groups is 1. The Morgan fingerprint density at radius 2 is 1.83 bits per heavy atom. The van der Waals surface area contributed by atoms with Crippen LogP contribution in [0.4, 0.5) is 5.82 Å². The molecule has 0 aliphatic carbocycles. The van der Waals surface area contributed by atoms with Crippen LogP contribution >= 0.6 is 11.3 Å². The van der Waals surface area contributed by atoms with E-state index in [0.717, 1.165) is 25.2 Å². The minimum Gasteiger partial charge on any atom is -0.358 e. The van der Waals surface area contributed by atoms with Gasteiger partial charge in [0.05, 0.1) is 28.8 Å². The molecule has 0 N–H and O–H groups in total. The number of amides is 1. The molecule has 1 aliphatic heterocycles. The number of hydrogen-bond donors (Lipinski definition) is 0. The fourth-order valence-corrected chi connectivity index (χ4v) is 4.38. The summed E-state index contributed by atoms with van der Waals surface area (Å²) in [6.45, 7) is 6.53. The third-order valence-corrected chi connectivity index (χ3v) is 6.18. The van der Waals surface area contributed by atoms with Gasteiger partial charge in [0.25, 0.3) is 5.91 Å². The molecule has 3 aromatic rings. The normalized spacial score (nSPS) is 14.8. The Morgan fingerprint density at radius 1 is 1.10 bits per heavy atom. The van der Waals surface area contributed by atoms with E-state index >= 15 is 0 Å². The van der Waals surface area contributed by atoms with Gasteiger partial charge >= 0.3 is 5.82 Å². The van der Waals surface area contributed by atoms with Gasteiger partial charge in [-0.25, -0.2) is 0 Å². The van der Waals surface area contributed by atoms with Crippen LogP contribution in [-0.4, -0.2) is 56.6 Å². The van der Waals surface area contributed by atoms with Gasteiger partial charge in [0.1, 0.15) is 0 Å². The minimum atomic E-state index is -0.516. The van der Waals surface area contributed by atoms with Crippen LogP contribution in [0.2, 0.25) is 0 Å². The van der Waals surface area contributed by atoms with Crippen molar-refractivity contribution in [3.8, 4) is 0 Å². The number of nitrogens with zero attached hydrogens (tertiary/aromatic N) is 5. The van der Waals surface area contributed by atoms with Crippen molar-refractivity contribution in [3.05, 3.63) is 79.7 Å². The Morgan fingerprint density at radius 3 is 2.50 bits per heavy atom. The number of rotatable bonds is 6. The highest BCUT2D eigenvalue weighted by Crippen LogP contribution is 2.20. The molecule has 1 amide bonds. The molecule has 0 spiro atoms. The molecule has 1 aliphatic rings. The molecule has 30 heavy (non-hydrogen) atoms. The number of aromatic nitrogens is 2. The molecule has 0 atom stereocenters. The van der Waals surface area contributed by atoms with E-state index in [4.69, 9.17) is 0 Å². The molecule has 1 fully saturated rings. The van der Waals surface area contributed by atoms with E-state index < -0.39 is 4.92 Å². The lowest BCUT2D eigenvalue weighted by atomic mass is 10.1. The smallest absolute Gasteiger partial charge is 0.358 e. The Kier molecular flexibility index (Phi) is 5.91. The summed E-state index contributed by atoms with van der Waals surface area (Å²) < 4.78 is 1.51. The number of benzene rings is 1. The first-order valence-corrected chi connectivity index (χ1v) is 10.7. The molecule has 8 nitrogen and oxygen atoms in total. The molecule has 1 saturated heterocycles. The summed E-state index contributed by atoms with van der Waals surface area (Å²) in [7, 11) is 0. The monoisotopic (exact) mass is 425 g/mol. The van der Waals surface area contributed by atoms with Crippen LogP contribution in [-0.2, 0) is 13.1 Å². The van der Waals surface area contributed by atoms with E-state index in [1.54, 1.807) is 6.20 Å². The average molecular weight is 426 g/mol. The number of carbonyl (C=O) groups excluding carboxylic acids is 1. The number of hydrogen-bond acceptors (Lipinski definition) is 6. The van der Waals surface area contributed by atoms with Gasteiger partial charge in [0.2, 0.25) is 0 Å². The van der Waals surface area contributed by atoms with Gasteiger partial charge in [-0.05, 0) is 34.4 Å². The van der Waals surface area contributed by atoms with E-state index in [9.17, 15) is 14.9 Å². The number of nitro groups is 1. The summed E-state index contributed by atoms with van der Waals surface area (Å²) in [5, 5.41) is 16.6. The number of thiophene rings is 1. The molecule has 9 heteroatoms. The second-order valence-electron chi connectivity index (χ2n) is 7.50. The Labute approximate surface area is 178 Å². The van der Waals surface area contributed by atoms with Gasteiger partial charge < -0.3 is 15.0 Å². The zero-order valence-corrected chi connectivity index (χ0v) is 17.5. The summed E-state index contributed by atoms with van der Waals surface area (Å²) in [5.41, 5.74) is 3.47. The standard InChI is InChI=1S/C21H23N5O3S/c1-16-2-4-17(5-3-16)13-23-8-10-24(11-9-23)21(27)19-12-18(15-30-19)14-25-7-6-20(22-25)26(28)29/h2-7,12,15H,8-11,13-14H2,1H3. The van der Waals surface area contributed by atoms with Gasteiger partial charge in [0, 0.05) is 32.7 Å². The Bertz CT molecular complexity index is 1040. The molecular weight excluding hydrogens is 402 g/mol. The number of piperazine rings is 1. The predicted octanol–water partition coefficient (Wildman–Crippen LogP) is 3.17. The van der Waals surface area contributed by atoms with Crippen LogP contribution in [0.25, 0.3) is 0 Å². The molecule has 2 aromatic heterocycles. The predicted molar refractivity (Wildman–Crippen MR) is 115 cm³/mol. The van der Waals surface area contributed by atoms with Crippen LogP contribution in [0.15, 0.2) is 48.0 Å². The Balaban J connectivity index is 1.31. The maximum atomic E-state index is 12.9. The van der Waals surface area contributed by atoms with Gasteiger partial charge in [0.15, 0.2) is 0 Å². The van der Waals surface area contributed by atoms with Gasteiger partial charge in [-0.3, -0.25) is 9.69 Å². The summed E-state index contributed by atoms with van der Waals surface area (Å²) >= 11 is 1.41. The van der Waals surface area contributed by atoms with Crippen molar-refractivity contribution < 1.29 is 9.72 Å². The first kappa shape index (κ1) is 20.2. The van der Waals surface area contributed by atoms with Gasteiger partial charge in [-0.1, -0.05) is 29.8 Å². The topological polar surface area (TPSA) is 84.5 Å². The second kappa shape index (κ2) is 8.76. The molecule has 0 radical (unpaired) electrons. The lowest BCUT2D eigenvalue weighted by Gasteiger charge is -2.34. The van der Waals surface area contributed by atoms with Crippen LogP contribution < -0.4 is 0 Å². The molecule has 3 heterocycles. The van der Waals surface area contributed by atoms with E-state index in [-0.39, 0.29) is 11.7 Å². The average Bonchev–Trinajstić information content (AvgIpc) is 3.40. The zero-order chi connectivity index (χ0) is 21.1. The van der Waals surface area contributed by atoms with Crippen LogP contribution in [0.3, 0.4) is 0 Å². The third kappa shape index (κ3) is 4.74. The molecule has 0 unspecified atom stereocenters. The van der Waals surface area contributed by atoms with Crippen molar-refractivity contribution in [1.29, 1.82) is 0 Å². The quantitative estimate of drug-likeness (QED) is 0.447. The van der Waals surface area contributed by atoms with Crippen molar-refractivity contribution in [2.75, 3.05) is 26.2 Å². The minimum absolute atomic E-state index is 0.0488. The summed E-state index contributed by atoms with van der Waals surface area (Å²) in [6.07, 6.45) is 1.57. The summed E-state index contributed by atoms with van der Waals surface area (Å²) in [4.78, 5) is 28.1. The maximum Gasteiger partial charge on any atom is 0.389 e. The molecular formula is C21H23N5O3S. The van der Waals surface area contributed by atoms with Crippen molar-refractivity contribution >= 4 is 23.1 Å². The molecule has 156 valence electrons. The summed E-state index contributed by atoms with van der Waals surface area (Å²) in [6, 6.07) is 11.8. The fraction of sp³-hybridized carbons (Fsp3) is 0.333. The van der Waals surface area contributed by atoms with Gasteiger partial charge in [-0.15, -0.1) is 11.3 Å². The molecule has 1 aromatic carbocycles. The highest BCUT2D eigenvalue weighted by atomic mass is 32.1. The summed E-state index contributed by atoms with van der Waals surface area (Å²) in [5.74, 6) is -0.127. The zero-order valence-electron chi connectivity index (χ0n) is 16.7. The van der Waals surface area contributed by atoms with E-state index in [1.165, 1.54) is 33.2 Å². The number of aryl methyl sites for hydroxylation is 1. The second-order valence-corrected chi connectivity index (χ2v) is 8.41.